The molecule has 1 aromatic carbocycles. The van der Waals surface area contributed by atoms with E-state index in [1.165, 1.54) is 0 Å². The summed E-state index contributed by atoms with van der Waals surface area (Å²) in [4.78, 5) is 11.8. The Morgan fingerprint density at radius 3 is 2.44 bits per heavy atom. The standard InChI is InChI=1S/C15H19O2P/c1-13(15(16)12-18(2,3)17)8-7-11-14-9-5-4-6-10-14/h4-6,9-10,13H,8,12H2,1-3H3/t13-/m0/s1. The van der Waals surface area contributed by atoms with E-state index in [2.05, 4.69) is 11.8 Å². The predicted molar refractivity (Wildman–Crippen MR) is 76.4 cm³/mol. The predicted octanol–water partition coefficient (Wildman–Crippen LogP) is 3.26. The molecule has 2 nitrogen and oxygen atoms in total. The van der Waals surface area contributed by atoms with Gasteiger partial charge in [-0.15, -0.1) is 0 Å². The first-order valence-electron chi connectivity index (χ1n) is 5.99. The first-order valence-corrected chi connectivity index (χ1v) is 8.78. The van der Waals surface area contributed by atoms with E-state index >= 15 is 0 Å². The molecule has 1 atom stereocenters. The maximum Gasteiger partial charge on any atom is 0.143 e. The molecule has 0 aromatic heterocycles. The Kier molecular flexibility index (Phi) is 5.38. The lowest BCUT2D eigenvalue weighted by molar-refractivity contribution is -0.119. The SMILES string of the molecule is C[C@@H](CC#Cc1ccccc1)C(=O)CP(C)(C)=O. The Labute approximate surface area is 109 Å². The quantitative estimate of drug-likeness (QED) is 0.616. The maximum atomic E-state index is 11.8. The second kappa shape index (κ2) is 6.57. The average molecular weight is 262 g/mol. The molecular formula is C15H19O2P. The zero-order valence-electron chi connectivity index (χ0n) is 11.1. The summed E-state index contributed by atoms with van der Waals surface area (Å²) >= 11 is 0. The molecule has 1 rings (SSSR count). The summed E-state index contributed by atoms with van der Waals surface area (Å²) < 4.78 is 11.6. The number of carbonyl (C=O) groups excluding carboxylic acids is 1. The highest BCUT2D eigenvalue weighted by Crippen LogP contribution is 2.36. The fourth-order valence-electron chi connectivity index (χ4n) is 1.47. The van der Waals surface area contributed by atoms with Crippen molar-refractivity contribution in [1.29, 1.82) is 0 Å². The molecule has 0 N–H and O–H groups in total. The van der Waals surface area contributed by atoms with Crippen molar-refractivity contribution in [3.8, 4) is 11.8 Å². The van der Waals surface area contributed by atoms with Gasteiger partial charge in [0.15, 0.2) is 0 Å². The van der Waals surface area contributed by atoms with Crippen LogP contribution in [-0.2, 0) is 9.36 Å². The molecule has 0 spiro atoms. The highest BCUT2D eigenvalue weighted by atomic mass is 31.2. The van der Waals surface area contributed by atoms with Crippen molar-refractivity contribution in [1.82, 2.24) is 0 Å². The van der Waals surface area contributed by atoms with E-state index in [-0.39, 0.29) is 17.9 Å². The zero-order chi connectivity index (χ0) is 13.6. The first kappa shape index (κ1) is 14.7. The van der Waals surface area contributed by atoms with Gasteiger partial charge in [0.1, 0.15) is 5.78 Å². The molecule has 0 bridgehead atoms. The molecule has 1 aromatic rings. The monoisotopic (exact) mass is 262 g/mol. The maximum absolute atomic E-state index is 11.8. The summed E-state index contributed by atoms with van der Waals surface area (Å²) in [5.41, 5.74) is 0.953. The van der Waals surface area contributed by atoms with Crippen LogP contribution in [0.5, 0.6) is 0 Å². The highest BCUT2D eigenvalue weighted by molar-refractivity contribution is 7.63. The fraction of sp³-hybridized carbons (Fsp3) is 0.400. The van der Waals surface area contributed by atoms with Crippen LogP contribution in [0.4, 0.5) is 0 Å². The minimum atomic E-state index is -2.26. The van der Waals surface area contributed by atoms with Crippen LogP contribution in [0, 0.1) is 17.8 Å². The van der Waals surface area contributed by atoms with E-state index in [4.69, 9.17) is 0 Å². The Hall–Kier alpha value is -1.32. The lowest BCUT2D eigenvalue weighted by atomic mass is 10.0. The van der Waals surface area contributed by atoms with Crippen LogP contribution in [0.15, 0.2) is 30.3 Å². The Balaban J connectivity index is 2.52. The van der Waals surface area contributed by atoms with E-state index < -0.39 is 7.14 Å². The molecule has 0 saturated heterocycles. The van der Waals surface area contributed by atoms with Gasteiger partial charge in [0.05, 0.1) is 13.3 Å². The van der Waals surface area contributed by atoms with Crippen molar-refractivity contribution < 1.29 is 9.36 Å². The summed E-state index contributed by atoms with van der Waals surface area (Å²) in [6, 6.07) is 9.68. The van der Waals surface area contributed by atoms with Crippen molar-refractivity contribution >= 4 is 12.9 Å². The number of rotatable bonds is 4. The average Bonchev–Trinajstić information content (AvgIpc) is 2.28. The number of carbonyl (C=O) groups is 1. The Morgan fingerprint density at radius 1 is 1.28 bits per heavy atom. The fourth-order valence-corrected chi connectivity index (χ4v) is 2.53. The third-order valence-electron chi connectivity index (χ3n) is 2.50. The van der Waals surface area contributed by atoms with Gasteiger partial charge in [-0.3, -0.25) is 4.79 Å². The van der Waals surface area contributed by atoms with Gasteiger partial charge in [-0.1, -0.05) is 37.0 Å². The molecule has 0 unspecified atom stereocenters. The number of ketones is 1. The third-order valence-corrected chi connectivity index (χ3v) is 3.57. The van der Waals surface area contributed by atoms with E-state index in [1.807, 2.05) is 37.3 Å². The van der Waals surface area contributed by atoms with Crippen molar-refractivity contribution in [3.63, 3.8) is 0 Å². The van der Waals surface area contributed by atoms with Crippen molar-refractivity contribution in [2.45, 2.75) is 13.3 Å². The molecule has 0 aliphatic rings. The van der Waals surface area contributed by atoms with Crippen molar-refractivity contribution in [2.75, 3.05) is 19.5 Å². The Morgan fingerprint density at radius 2 is 1.89 bits per heavy atom. The molecule has 0 aliphatic heterocycles. The summed E-state index contributed by atoms with van der Waals surface area (Å²) in [5.74, 6) is 5.93. The summed E-state index contributed by atoms with van der Waals surface area (Å²) in [6.45, 7) is 5.14. The van der Waals surface area contributed by atoms with Crippen LogP contribution in [0.1, 0.15) is 18.9 Å². The largest absolute Gasteiger partial charge is 0.324 e. The van der Waals surface area contributed by atoms with Crippen molar-refractivity contribution in [3.05, 3.63) is 35.9 Å². The van der Waals surface area contributed by atoms with Crippen LogP contribution >= 0.6 is 7.14 Å². The summed E-state index contributed by atoms with van der Waals surface area (Å²) in [5, 5.41) is 0. The zero-order valence-corrected chi connectivity index (χ0v) is 12.0. The molecular weight excluding hydrogens is 243 g/mol. The molecule has 0 amide bonds. The molecule has 0 saturated carbocycles. The topological polar surface area (TPSA) is 34.1 Å². The smallest absolute Gasteiger partial charge is 0.143 e. The lowest BCUT2D eigenvalue weighted by Crippen LogP contribution is -2.14. The molecule has 0 aliphatic carbocycles. The van der Waals surface area contributed by atoms with Gasteiger partial charge in [-0.2, -0.15) is 0 Å². The van der Waals surface area contributed by atoms with Gasteiger partial charge in [0.25, 0.3) is 0 Å². The molecule has 0 fully saturated rings. The number of Topliss-reactive ketones (excluding diaryl/α,β-unsaturated/α-hetero) is 1. The van der Waals surface area contributed by atoms with Crippen LogP contribution in [0.25, 0.3) is 0 Å². The summed E-state index contributed by atoms with van der Waals surface area (Å²) in [6.07, 6.45) is 0.703. The first-order chi connectivity index (χ1) is 8.38. The normalized spacial score (nSPS) is 12.4. The van der Waals surface area contributed by atoms with E-state index in [0.29, 0.717) is 6.42 Å². The van der Waals surface area contributed by atoms with Gasteiger partial charge in [-0.05, 0) is 25.5 Å². The van der Waals surface area contributed by atoms with E-state index in [9.17, 15) is 9.36 Å². The van der Waals surface area contributed by atoms with E-state index in [0.717, 1.165) is 5.56 Å². The van der Waals surface area contributed by atoms with Gasteiger partial charge in [0.2, 0.25) is 0 Å². The van der Waals surface area contributed by atoms with Gasteiger partial charge in [-0.25, -0.2) is 0 Å². The van der Waals surface area contributed by atoms with Crippen molar-refractivity contribution in [2.24, 2.45) is 5.92 Å². The number of benzene rings is 1. The number of hydrogen-bond acceptors (Lipinski definition) is 2. The molecule has 18 heavy (non-hydrogen) atoms. The van der Waals surface area contributed by atoms with Gasteiger partial charge >= 0.3 is 0 Å². The molecule has 96 valence electrons. The van der Waals surface area contributed by atoms with Crippen LogP contribution < -0.4 is 0 Å². The molecule has 0 radical (unpaired) electrons. The molecule has 3 heteroatoms. The van der Waals surface area contributed by atoms with Crippen LogP contribution in [0.2, 0.25) is 0 Å². The second-order valence-corrected chi connectivity index (χ2v) is 8.44. The highest BCUT2D eigenvalue weighted by Gasteiger charge is 2.18. The minimum Gasteiger partial charge on any atom is -0.324 e. The van der Waals surface area contributed by atoms with Gasteiger partial charge < -0.3 is 4.57 Å². The second-order valence-electron chi connectivity index (χ2n) is 4.97. The lowest BCUT2D eigenvalue weighted by Gasteiger charge is -2.09. The molecule has 0 heterocycles. The van der Waals surface area contributed by atoms with Crippen LogP contribution in [-0.4, -0.2) is 25.3 Å². The van der Waals surface area contributed by atoms with E-state index in [1.54, 1.807) is 13.3 Å². The summed E-state index contributed by atoms with van der Waals surface area (Å²) in [7, 11) is -2.26. The number of hydrogen-bond donors (Lipinski definition) is 0. The Bertz CT molecular complexity index is 502. The van der Waals surface area contributed by atoms with Gasteiger partial charge in [0, 0.05) is 17.9 Å². The van der Waals surface area contributed by atoms with Crippen LogP contribution in [0.3, 0.4) is 0 Å². The minimum absolute atomic E-state index is 0.0469. The third kappa shape index (κ3) is 5.84.